The van der Waals surface area contributed by atoms with Gasteiger partial charge in [-0.1, -0.05) is 23.5 Å². The molecule has 6 nitrogen and oxygen atoms in total. The molecule has 0 aliphatic heterocycles. The Morgan fingerprint density at radius 3 is 2.77 bits per heavy atom. The van der Waals surface area contributed by atoms with Gasteiger partial charge in [0.05, 0.1) is 10.4 Å². The molecule has 0 fully saturated rings. The van der Waals surface area contributed by atoms with E-state index in [9.17, 15) is 14.7 Å². The van der Waals surface area contributed by atoms with Crippen molar-refractivity contribution in [2.75, 3.05) is 0 Å². The van der Waals surface area contributed by atoms with Gasteiger partial charge in [0.1, 0.15) is 11.5 Å². The topological polar surface area (TPSA) is 104 Å². The third kappa shape index (κ3) is 2.79. The van der Waals surface area contributed by atoms with Gasteiger partial charge in [-0.3, -0.25) is 9.78 Å². The first kappa shape index (κ1) is 14.2. The van der Waals surface area contributed by atoms with Crippen LogP contribution in [0.4, 0.5) is 0 Å². The van der Waals surface area contributed by atoms with Crippen molar-refractivity contribution in [3.8, 4) is 17.2 Å². The number of carboxylic acids is 1. The number of hydrogen-bond donors (Lipinski definition) is 3. The second-order valence-electron chi connectivity index (χ2n) is 4.61. The molecule has 22 heavy (non-hydrogen) atoms. The van der Waals surface area contributed by atoms with Crippen molar-refractivity contribution in [2.24, 2.45) is 0 Å². The van der Waals surface area contributed by atoms with Crippen LogP contribution in [0.1, 0.15) is 21.0 Å². The molecule has 3 rings (SSSR count). The minimum Gasteiger partial charge on any atom is -0.494 e. The van der Waals surface area contributed by atoms with Gasteiger partial charge in [-0.15, -0.1) is 0 Å². The van der Waals surface area contributed by atoms with Crippen molar-refractivity contribution < 1.29 is 19.4 Å². The van der Waals surface area contributed by atoms with Crippen molar-refractivity contribution in [3.05, 3.63) is 62.3 Å². The number of aromatic nitrogens is 1. The number of hydrogen-bond acceptors (Lipinski definition) is 5. The van der Waals surface area contributed by atoms with Gasteiger partial charge in [0.25, 0.3) is 0 Å². The van der Waals surface area contributed by atoms with Gasteiger partial charge in [0, 0.05) is 12.0 Å². The van der Waals surface area contributed by atoms with Gasteiger partial charge < -0.3 is 14.6 Å². The summed E-state index contributed by atoms with van der Waals surface area (Å²) in [6, 6.07) is 9.88. The molecule has 7 heteroatoms. The smallest absolute Gasteiger partial charge is 0.335 e. The zero-order valence-corrected chi connectivity index (χ0v) is 12.0. The lowest BCUT2D eigenvalue weighted by Crippen LogP contribution is -1.95. The van der Waals surface area contributed by atoms with E-state index < -0.39 is 5.97 Å². The average molecular weight is 317 g/mol. The highest BCUT2D eigenvalue weighted by Crippen LogP contribution is 2.26. The van der Waals surface area contributed by atoms with E-state index in [1.165, 1.54) is 12.1 Å². The first-order chi connectivity index (χ1) is 10.5. The van der Waals surface area contributed by atoms with Crippen LogP contribution in [-0.2, 0) is 6.42 Å². The molecule has 0 aliphatic rings. The summed E-state index contributed by atoms with van der Waals surface area (Å²) >= 11 is 0.922. The van der Waals surface area contributed by atoms with Crippen LogP contribution >= 0.6 is 11.3 Å². The molecule has 0 saturated carbocycles. The van der Waals surface area contributed by atoms with Crippen molar-refractivity contribution in [1.29, 1.82) is 0 Å². The SMILES string of the molecule is O=C(O)c1cccc(-c2ccc(Cc3sc(=O)[nH]c3O)o2)c1. The number of benzene rings is 1. The number of H-pyrrole nitrogens is 1. The van der Waals surface area contributed by atoms with Gasteiger partial charge in [0.2, 0.25) is 5.88 Å². The first-order valence-corrected chi connectivity index (χ1v) is 7.18. The predicted molar refractivity (Wildman–Crippen MR) is 80.5 cm³/mol. The number of aromatic amines is 1. The summed E-state index contributed by atoms with van der Waals surface area (Å²) in [5.74, 6) is -0.0572. The Morgan fingerprint density at radius 1 is 1.27 bits per heavy atom. The quantitative estimate of drug-likeness (QED) is 0.686. The molecule has 3 N–H and O–H groups in total. The number of furan rings is 1. The van der Waals surface area contributed by atoms with E-state index in [4.69, 9.17) is 9.52 Å². The molecule has 2 heterocycles. The van der Waals surface area contributed by atoms with E-state index in [2.05, 4.69) is 4.98 Å². The molecule has 0 aliphatic carbocycles. The zero-order valence-electron chi connectivity index (χ0n) is 11.2. The Kier molecular flexibility index (Phi) is 3.56. The number of nitrogens with one attached hydrogen (secondary N) is 1. The van der Waals surface area contributed by atoms with Gasteiger partial charge in [-0.25, -0.2) is 4.79 Å². The first-order valence-electron chi connectivity index (χ1n) is 6.36. The number of aromatic carboxylic acids is 1. The highest BCUT2D eigenvalue weighted by molar-refractivity contribution is 7.09. The summed E-state index contributed by atoms with van der Waals surface area (Å²) in [7, 11) is 0. The summed E-state index contributed by atoms with van der Waals surface area (Å²) in [6.45, 7) is 0. The van der Waals surface area contributed by atoms with E-state index in [0.29, 0.717) is 22.0 Å². The molecule has 0 radical (unpaired) electrons. The van der Waals surface area contributed by atoms with E-state index in [0.717, 1.165) is 11.3 Å². The standard InChI is InChI=1S/C15H11NO5S/c17-13-12(22-15(20)16-13)7-10-4-5-11(21-10)8-2-1-3-9(6-8)14(18)19/h1-6,17H,7H2,(H,16,20)(H,18,19). The molecule has 3 aromatic rings. The Labute approximate surface area is 128 Å². The van der Waals surface area contributed by atoms with Gasteiger partial charge >= 0.3 is 10.8 Å². The fourth-order valence-corrected chi connectivity index (χ4v) is 2.80. The Bertz CT molecular complexity index is 889. The third-order valence-electron chi connectivity index (χ3n) is 3.09. The zero-order chi connectivity index (χ0) is 15.7. The van der Waals surface area contributed by atoms with E-state index in [1.54, 1.807) is 24.3 Å². The largest absolute Gasteiger partial charge is 0.494 e. The molecule has 0 atom stereocenters. The molecule has 0 saturated heterocycles. The normalized spacial score (nSPS) is 10.7. The highest BCUT2D eigenvalue weighted by atomic mass is 32.1. The van der Waals surface area contributed by atoms with Crippen LogP contribution in [-0.4, -0.2) is 21.2 Å². The monoisotopic (exact) mass is 317 g/mol. The van der Waals surface area contributed by atoms with E-state index >= 15 is 0 Å². The summed E-state index contributed by atoms with van der Waals surface area (Å²) in [6.07, 6.45) is 0.286. The summed E-state index contributed by atoms with van der Waals surface area (Å²) in [5, 5.41) is 18.6. The summed E-state index contributed by atoms with van der Waals surface area (Å²) in [5.41, 5.74) is 0.828. The average Bonchev–Trinajstić information content (AvgIpc) is 3.06. The molecular weight excluding hydrogens is 306 g/mol. The van der Waals surface area contributed by atoms with Crippen LogP contribution in [0, 0.1) is 0 Å². The third-order valence-corrected chi connectivity index (χ3v) is 3.96. The predicted octanol–water partition coefficient (Wildman–Crippen LogP) is 2.69. The molecule has 2 aromatic heterocycles. The lowest BCUT2D eigenvalue weighted by molar-refractivity contribution is 0.0697. The minimum atomic E-state index is -1.00. The molecule has 0 bridgehead atoms. The lowest BCUT2D eigenvalue weighted by atomic mass is 10.1. The number of aromatic hydroxyl groups is 1. The van der Waals surface area contributed by atoms with Gasteiger partial charge in [0.15, 0.2) is 0 Å². The van der Waals surface area contributed by atoms with Crippen molar-refractivity contribution in [2.45, 2.75) is 6.42 Å². The maximum Gasteiger partial charge on any atom is 0.335 e. The molecule has 112 valence electrons. The van der Waals surface area contributed by atoms with Crippen LogP contribution in [0.5, 0.6) is 5.88 Å². The number of thiazole rings is 1. The Balaban J connectivity index is 1.87. The molecule has 0 spiro atoms. The Morgan fingerprint density at radius 2 is 2.09 bits per heavy atom. The van der Waals surface area contributed by atoms with Crippen molar-refractivity contribution in [1.82, 2.24) is 4.98 Å². The minimum absolute atomic E-state index is 0.152. The maximum absolute atomic E-state index is 11.1. The van der Waals surface area contributed by atoms with Gasteiger partial charge in [-0.2, -0.15) is 0 Å². The number of carbonyl (C=O) groups is 1. The fraction of sp³-hybridized carbons (Fsp3) is 0.0667. The van der Waals surface area contributed by atoms with E-state index in [1.807, 2.05) is 0 Å². The molecule has 1 aromatic carbocycles. The van der Waals surface area contributed by atoms with Crippen molar-refractivity contribution >= 4 is 17.3 Å². The second-order valence-corrected chi connectivity index (χ2v) is 5.68. The molecular formula is C15H11NO5S. The molecule has 0 unspecified atom stereocenters. The summed E-state index contributed by atoms with van der Waals surface area (Å²) < 4.78 is 5.66. The Hall–Kier alpha value is -2.80. The van der Waals surface area contributed by atoms with Crippen LogP contribution in [0.3, 0.4) is 0 Å². The highest BCUT2D eigenvalue weighted by Gasteiger charge is 2.12. The van der Waals surface area contributed by atoms with Gasteiger partial charge in [-0.05, 0) is 24.3 Å². The maximum atomic E-state index is 11.1. The summed E-state index contributed by atoms with van der Waals surface area (Å²) in [4.78, 5) is 24.6. The van der Waals surface area contributed by atoms with Crippen LogP contribution in [0.15, 0.2) is 45.6 Å². The van der Waals surface area contributed by atoms with E-state index in [-0.39, 0.29) is 22.7 Å². The molecule has 0 amide bonds. The lowest BCUT2D eigenvalue weighted by Gasteiger charge is -1.99. The fourth-order valence-electron chi connectivity index (χ4n) is 2.06. The van der Waals surface area contributed by atoms with Crippen LogP contribution in [0.2, 0.25) is 0 Å². The van der Waals surface area contributed by atoms with Crippen LogP contribution in [0.25, 0.3) is 11.3 Å². The van der Waals surface area contributed by atoms with Crippen molar-refractivity contribution in [3.63, 3.8) is 0 Å². The number of carboxylic acid groups (broad SMARTS) is 1. The number of rotatable bonds is 4. The second kappa shape index (κ2) is 5.53. The van der Waals surface area contributed by atoms with Crippen LogP contribution < -0.4 is 4.87 Å².